The van der Waals surface area contributed by atoms with E-state index in [9.17, 15) is 36.2 Å². The summed E-state index contributed by atoms with van der Waals surface area (Å²) in [4.78, 5) is 11.7. The Hall–Kier alpha value is 0.430. The van der Waals surface area contributed by atoms with Crippen LogP contribution < -0.4 is 25.0 Å². The van der Waals surface area contributed by atoms with Crippen LogP contribution in [0.25, 0.3) is 0 Å². The fraction of sp³-hybridized carbons (Fsp3) is 0.900. The predicted octanol–water partition coefficient (Wildman–Crippen LogP) is -0.853. The summed E-state index contributed by atoms with van der Waals surface area (Å²) in [5.41, 5.74) is -5.12. The van der Waals surface area contributed by atoms with E-state index in [2.05, 4.69) is 8.27 Å². The monoisotopic (exact) mass is 562 g/mol. The van der Waals surface area contributed by atoms with E-state index in [1.165, 1.54) is 0 Å². The molecular weight excluding hydrogens is 550 g/mol. The second-order valence-corrected chi connectivity index (χ2v) is 8.81. The standard InChI is InChI=1S/C10H12F6I2NO3/c1-3(2)5(22-7(20)4(17)6-18-19-6)8(21,9(11,12)13)10(14,15)16/h3-6,19,21H,1-2H3/q-1. The molecular formula is C10H12F6I2NO3-. The normalized spacial score (nSPS) is 22.8. The average molecular weight is 562 g/mol. The SMILES string of the molecule is CC(C)C(OC(=O)C(I)C1N[I-]1)C(O)(C(F)(F)F)C(F)(F)F. The molecule has 0 aliphatic carbocycles. The first-order valence-electron chi connectivity index (χ1n) is 5.81. The van der Waals surface area contributed by atoms with E-state index < -0.39 is 61.3 Å². The van der Waals surface area contributed by atoms with Crippen LogP contribution >= 0.6 is 22.6 Å². The Balaban J connectivity index is 3.12. The minimum atomic E-state index is -6.04. The molecule has 4 nitrogen and oxygen atoms in total. The van der Waals surface area contributed by atoms with Gasteiger partial charge in [0, 0.05) is 0 Å². The van der Waals surface area contributed by atoms with Gasteiger partial charge in [0.25, 0.3) is 0 Å². The Labute approximate surface area is 146 Å². The average Bonchev–Trinajstić information content (AvgIpc) is 3.14. The van der Waals surface area contributed by atoms with Crippen molar-refractivity contribution >= 4 is 28.6 Å². The molecule has 0 radical (unpaired) electrons. The molecule has 1 rings (SSSR count). The Morgan fingerprint density at radius 2 is 1.64 bits per heavy atom. The van der Waals surface area contributed by atoms with E-state index in [4.69, 9.17) is 0 Å². The van der Waals surface area contributed by atoms with Gasteiger partial charge in [-0.1, -0.05) is 0 Å². The molecule has 0 amide bonds. The van der Waals surface area contributed by atoms with Crippen LogP contribution in [0.3, 0.4) is 0 Å². The van der Waals surface area contributed by atoms with Crippen LogP contribution in [0.15, 0.2) is 0 Å². The van der Waals surface area contributed by atoms with Crippen molar-refractivity contribution in [3.05, 3.63) is 0 Å². The zero-order valence-electron chi connectivity index (χ0n) is 11.1. The van der Waals surface area contributed by atoms with Gasteiger partial charge in [0.05, 0.1) is 0 Å². The number of nitrogens with one attached hydrogen (secondary N) is 1. The van der Waals surface area contributed by atoms with Gasteiger partial charge in [-0.15, -0.1) is 0 Å². The number of hydrogen-bond acceptors (Lipinski definition) is 4. The first kappa shape index (κ1) is 20.5. The molecule has 0 saturated carbocycles. The number of alkyl halides is 8. The molecule has 3 unspecified atom stereocenters. The van der Waals surface area contributed by atoms with Crippen LogP contribution in [-0.2, 0) is 9.53 Å². The molecule has 1 saturated heterocycles. The number of aliphatic hydroxyl groups is 1. The summed E-state index contributed by atoms with van der Waals surface area (Å²) in [6.45, 7) is 2.01. The summed E-state index contributed by atoms with van der Waals surface area (Å²) in [5, 5.41) is 9.36. The van der Waals surface area contributed by atoms with Crippen LogP contribution in [0.1, 0.15) is 13.8 Å². The fourth-order valence-corrected chi connectivity index (χ4v) is 4.75. The molecule has 132 valence electrons. The van der Waals surface area contributed by atoms with Gasteiger partial charge in [0.1, 0.15) is 0 Å². The fourth-order valence-electron chi connectivity index (χ4n) is 1.64. The number of halogens is 8. The predicted molar refractivity (Wildman–Crippen MR) is 66.5 cm³/mol. The van der Waals surface area contributed by atoms with Gasteiger partial charge < -0.3 is 0 Å². The van der Waals surface area contributed by atoms with Crippen molar-refractivity contribution in [3.8, 4) is 0 Å². The number of hydrogen-bond donors (Lipinski definition) is 2. The van der Waals surface area contributed by atoms with E-state index >= 15 is 0 Å². The van der Waals surface area contributed by atoms with E-state index in [0.717, 1.165) is 13.8 Å². The summed E-state index contributed by atoms with van der Waals surface area (Å²) in [6, 6.07) is 0. The van der Waals surface area contributed by atoms with Crippen LogP contribution in [0.4, 0.5) is 26.3 Å². The molecule has 0 aromatic heterocycles. The van der Waals surface area contributed by atoms with Gasteiger partial charge in [-0.2, -0.15) is 0 Å². The van der Waals surface area contributed by atoms with Gasteiger partial charge in [-0.25, -0.2) is 0 Å². The van der Waals surface area contributed by atoms with E-state index in [1.54, 1.807) is 22.6 Å². The zero-order chi connectivity index (χ0) is 17.5. The molecule has 1 heterocycles. The summed E-state index contributed by atoms with van der Waals surface area (Å²) in [7, 11) is 0. The second kappa shape index (κ2) is 6.74. The van der Waals surface area contributed by atoms with E-state index in [1.807, 2.05) is 0 Å². The Bertz CT molecular complexity index is 410. The molecule has 0 aromatic rings. The molecule has 12 heteroatoms. The van der Waals surface area contributed by atoms with Gasteiger partial charge in [-0.05, 0) is 0 Å². The molecule has 1 aliphatic heterocycles. The molecule has 0 spiro atoms. The van der Waals surface area contributed by atoms with Gasteiger partial charge >= 0.3 is 146 Å². The third-order valence-electron chi connectivity index (χ3n) is 2.84. The maximum absolute atomic E-state index is 12.9. The zero-order valence-corrected chi connectivity index (χ0v) is 15.4. The van der Waals surface area contributed by atoms with Crippen LogP contribution in [0.2, 0.25) is 0 Å². The molecule has 2 N–H and O–H groups in total. The van der Waals surface area contributed by atoms with Crippen LogP contribution in [0.5, 0.6) is 0 Å². The van der Waals surface area contributed by atoms with Crippen molar-refractivity contribution < 1.29 is 62.5 Å². The summed E-state index contributed by atoms with van der Waals surface area (Å²) < 4.78 is 83.3. The van der Waals surface area contributed by atoms with Crippen LogP contribution in [-0.4, -0.2) is 43.1 Å². The van der Waals surface area contributed by atoms with Gasteiger partial charge in [0.15, 0.2) is 0 Å². The third-order valence-corrected chi connectivity index (χ3v) is 7.51. The first-order chi connectivity index (χ1) is 9.73. The Kier molecular flexibility index (Phi) is 6.27. The number of ether oxygens (including phenoxy) is 1. The number of carbonyl (C=O) groups is 1. The molecule has 3 atom stereocenters. The minimum absolute atomic E-state index is 0.246. The first-order valence-corrected chi connectivity index (χ1v) is 9.38. The van der Waals surface area contributed by atoms with Gasteiger partial charge in [-0.3, -0.25) is 0 Å². The number of rotatable bonds is 5. The van der Waals surface area contributed by atoms with Gasteiger partial charge in [0.2, 0.25) is 0 Å². The quantitative estimate of drug-likeness (QED) is 0.0873. The van der Waals surface area contributed by atoms with Crippen molar-refractivity contribution in [1.29, 1.82) is 0 Å². The molecule has 0 aromatic carbocycles. The van der Waals surface area contributed by atoms with Crippen molar-refractivity contribution in [3.63, 3.8) is 0 Å². The molecule has 0 bridgehead atoms. The second-order valence-electron chi connectivity index (χ2n) is 4.89. The van der Waals surface area contributed by atoms with E-state index in [-0.39, 0.29) is 4.05 Å². The Morgan fingerprint density at radius 3 is 1.91 bits per heavy atom. The molecule has 22 heavy (non-hydrogen) atoms. The van der Waals surface area contributed by atoms with Crippen LogP contribution in [0, 0.1) is 5.92 Å². The number of esters is 1. The summed E-state index contributed by atoms with van der Waals surface area (Å²) in [6.07, 6.45) is -14.9. The number of carbonyl (C=O) groups excluding carboxylic acids is 1. The summed E-state index contributed by atoms with van der Waals surface area (Å²) in [5.74, 6) is -2.61. The maximum atomic E-state index is 12.9. The third kappa shape index (κ3) is 4.09. The van der Waals surface area contributed by atoms with E-state index in [0.29, 0.717) is 0 Å². The summed E-state index contributed by atoms with van der Waals surface area (Å²) >= 11 is 1.11. The van der Waals surface area contributed by atoms with Crippen molar-refractivity contribution in [2.24, 2.45) is 5.92 Å². The molecule has 1 fully saturated rings. The van der Waals surface area contributed by atoms with Crippen molar-refractivity contribution in [2.45, 2.75) is 45.9 Å². The molecule has 1 aliphatic rings. The van der Waals surface area contributed by atoms with Crippen molar-refractivity contribution in [1.82, 2.24) is 3.53 Å². The Morgan fingerprint density at radius 1 is 1.23 bits per heavy atom. The van der Waals surface area contributed by atoms with Crippen molar-refractivity contribution in [2.75, 3.05) is 0 Å². The topological polar surface area (TPSA) is 68.5 Å².